The number of ketones is 1. The number of nitro benzene ring substituents is 1. The number of rotatable bonds is 7. The number of carboxylic acids is 1. The van der Waals surface area contributed by atoms with E-state index in [4.69, 9.17) is 5.11 Å². The van der Waals surface area contributed by atoms with Crippen molar-refractivity contribution < 1.29 is 19.6 Å². The summed E-state index contributed by atoms with van der Waals surface area (Å²) in [5.41, 5.74) is 0.184. The van der Waals surface area contributed by atoms with Crippen LogP contribution in [-0.4, -0.2) is 34.9 Å². The summed E-state index contributed by atoms with van der Waals surface area (Å²) in [6, 6.07) is 4.07. The highest BCUT2D eigenvalue weighted by Crippen LogP contribution is 2.29. The van der Waals surface area contributed by atoms with Crippen LogP contribution in [0.25, 0.3) is 0 Å². The van der Waals surface area contributed by atoms with Gasteiger partial charge in [-0.2, -0.15) is 0 Å². The number of carbonyl (C=O) groups excluding carboxylic acids is 1. The van der Waals surface area contributed by atoms with Gasteiger partial charge in [0.05, 0.1) is 4.92 Å². The Hall–Kier alpha value is -2.44. The van der Waals surface area contributed by atoms with Crippen LogP contribution in [0.5, 0.6) is 0 Å². The first kappa shape index (κ1) is 15.6. The van der Waals surface area contributed by atoms with Gasteiger partial charge in [-0.1, -0.05) is 6.92 Å². The molecule has 1 aromatic rings. The molecule has 0 aliphatic carbocycles. The van der Waals surface area contributed by atoms with E-state index in [1.165, 1.54) is 30.0 Å². The Morgan fingerprint density at radius 2 is 2.05 bits per heavy atom. The smallest absolute Gasteiger partial charge is 0.323 e. The van der Waals surface area contributed by atoms with Gasteiger partial charge in [-0.05, 0) is 25.5 Å². The fourth-order valence-corrected chi connectivity index (χ4v) is 1.87. The maximum absolute atomic E-state index is 11.3. The number of carboxylic acid groups (broad SMARTS) is 1. The average Bonchev–Trinajstić information content (AvgIpc) is 2.36. The third-order valence-corrected chi connectivity index (χ3v) is 2.74. The van der Waals surface area contributed by atoms with Gasteiger partial charge in [0.25, 0.3) is 5.69 Å². The van der Waals surface area contributed by atoms with E-state index in [2.05, 4.69) is 0 Å². The molecule has 0 spiro atoms. The summed E-state index contributed by atoms with van der Waals surface area (Å²) >= 11 is 0. The van der Waals surface area contributed by atoms with Gasteiger partial charge in [0.2, 0.25) is 0 Å². The van der Waals surface area contributed by atoms with Crippen LogP contribution in [0.15, 0.2) is 18.2 Å². The van der Waals surface area contributed by atoms with Crippen molar-refractivity contribution in [1.82, 2.24) is 0 Å². The summed E-state index contributed by atoms with van der Waals surface area (Å²) in [6.45, 7) is 3.23. The van der Waals surface area contributed by atoms with Crippen molar-refractivity contribution in [2.75, 3.05) is 18.0 Å². The van der Waals surface area contributed by atoms with Crippen LogP contribution in [0, 0.1) is 10.1 Å². The molecule has 7 heteroatoms. The van der Waals surface area contributed by atoms with Crippen LogP contribution >= 0.6 is 0 Å². The van der Waals surface area contributed by atoms with Crippen molar-refractivity contribution >= 4 is 23.1 Å². The number of hydrogen-bond donors (Lipinski definition) is 1. The maximum Gasteiger partial charge on any atom is 0.323 e. The highest BCUT2D eigenvalue weighted by Gasteiger charge is 2.22. The van der Waals surface area contributed by atoms with Crippen molar-refractivity contribution in [1.29, 1.82) is 0 Å². The van der Waals surface area contributed by atoms with E-state index in [-0.39, 0.29) is 29.3 Å². The molecular weight excluding hydrogens is 264 g/mol. The molecule has 0 saturated heterocycles. The largest absolute Gasteiger partial charge is 0.480 e. The van der Waals surface area contributed by atoms with E-state index >= 15 is 0 Å². The molecule has 0 heterocycles. The van der Waals surface area contributed by atoms with Crippen LogP contribution in [0.1, 0.15) is 30.6 Å². The Bertz CT molecular complexity index is 542. The lowest BCUT2D eigenvalue weighted by atomic mass is 10.1. The van der Waals surface area contributed by atoms with E-state index in [0.717, 1.165) is 0 Å². The van der Waals surface area contributed by atoms with Crippen molar-refractivity contribution in [3.8, 4) is 0 Å². The second-order valence-corrected chi connectivity index (χ2v) is 4.33. The molecule has 0 aliphatic rings. The molecule has 0 aliphatic heterocycles. The lowest BCUT2D eigenvalue weighted by molar-refractivity contribution is -0.384. The van der Waals surface area contributed by atoms with Gasteiger partial charge in [0, 0.05) is 18.2 Å². The number of aliphatic carboxylic acids is 1. The Kier molecular flexibility index (Phi) is 5.19. The molecule has 0 unspecified atom stereocenters. The molecule has 0 saturated carbocycles. The SMILES string of the molecule is CCCN(CC(=O)O)c1ccc(C(C)=O)cc1[N+](=O)[O-]. The second kappa shape index (κ2) is 6.65. The quantitative estimate of drug-likeness (QED) is 0.466. The van der Waals surface area contributed by atoms with Gasteiger partial charge >= 0.3 is 5.97 Å². The zero-order valence-corrected chi connectivity index (χ0v) is 11.3. The number of benzene rings is 1. The van der Waals surface area contributed by atoms with Crippen molar-refractivity contribution in [2.24, 2.45) is 0 Å². The molecule has 1 aromatic carbocycles. The van der Waals surface area contributed by atoms with Crippen LogP contribution < -0.4 is 4.90 Å². The highest BCUT2D eigenvalue weighted by molar-refractivity contribution is 5.95. The van der Waals surface area contributed by atoms with E-state index in [1.807, 2.05) is 6.92 Å². The van der Waals surface area contributed by atoms with E-state index < -0.39 is 10.9 Å². The first-order chi connectivity index (χ1) is 9.36. The molecule has 108 valence electrons. The van der Waals surface area contributed by atoms with Crippen LogP contribution in [0.2, 0.25) is 0 Å². The highest BCUT2D eigenvalue weighted by atomic mass is 16.6. The predicted molar refractivity (Wildman–Crippen MR) is 73.2 cm³/mol. The molecule has 0 radical (unpaired) electrons. The molecule has 0 aromatic heterocycles. The normalized spacial score (nSPS) is 10.1. The summed E-state index contributed by atoms with van der Waals surface area (Å²) in [4.78, 5) is 34.1. The zero-order valence-electron chi connectivity index (χ0n) is 11.3. The van der Waals surface area contributed by atoms with Gasteiger partial charge in [-0.25, -0.2) is 0 Å². The predicted octanol–water partition coefficient (Wildman–Crippen LogP) is 2.10. The first-order valence-electron chi connectivity index (χ1n) is 6.13. The standard InChI is InChI=1S/C13H16N2O5/c1-3-6-14(8-13(17)18)11-5-4-10(9(2)16)7-12(11)15(19)20/h4-5,7H,3,6,8H2,1-2H3,(H,17,18). The Morgan fingerprint density at radius 1 is 1.40 bits per heavy atom. The molecule has 0 atom stereocenters. The number of carbonyl (C=O) groups is 2. The second-order valence-electron chi connectivity index (χ2n) is 4.33. The topological polar surface area (TPSA) is 101 Å². The minimum Gasteiger partial charge on any atom is -0.480 e. The number of nitrogens with zero attached hydrogens (tertiary/aromatic N) is 2. The van der Waals surface area contributed by atoms with Gasteiger partial charge in [0.15, 0.2) is 5.78 Å². The summed E-state index contributed by atoms with van der Waals surface area (Å²) in [5.74, 6) is -1.34. The average molecular weight is 280 g/mol. The molecule has 1 rings (SSSR count). The third-order valence-electron chi connectivity index (χ3n) is 2.74. The lowest BCUT2D eigenvalue weighted by Crippen LogP contribution is -2.31. The van der Waals surface area contributed by atoms with Gasteiger partial charge in [0.1, 0.15) is 12.2 Å². The van der Waals surface area contributed by atoms with Crippen molar-refractivity contribution in [2.45, 2.75) is 20.3 Å². The summed E-state index contributed by atoms with van der Waals surface area (Å²) < 4.78 is 0. The molecule has 0 amide bonds. The van der Waals surface area contributed by atoms with E-state index in [0.29, 0.717) is 13.0 Å². The number of anilines is 1. The molecule has 20 heavy (non-hydrogen) atoms. The summed E-state index contributed by atoms with van der Waals surface area (Å²) in [6.07, 6.45) is 0.652. The first-order valence-corrected chi connectivity index (χ1v) is 6.13. The van der Waals surface area contributed by atoms with Gasteiger partial charge in [-0.15, -0.1) is 0 Å². The maximum atomic E-state index is 11.3. The molecular formula is C13H16N2O5. The molecule has 0 bridgehead atoms. The third kappa shape index (κ3) is 3.78. The van der Waals surface area contributed by atoms with Crippen LogP contribution in [-0.2, 0) is 4.79 Å². The number of Topliss-reactive ketones (excluding diaryl/α,β-unsaturated/α-hetero) is 1. The van der Waals surface area contributed by atoms with Gasteiger partial charge in [-0.3, -0.25) is 19.7 Å². The lowest BCUT2D eigenvalue weighted by Gasteiger charge is -2.22. The minimum absolute atomic E-state index is 0.212. The minimum atomic E-state index is -1.07. The summed E-state index contributed by atoms with van der Waals surface area (Å²) in [7, 11) is 0. The van der Waals surface area contributed by atoms with Crippen LogP contribution in [0.3, 0.4) is 0 Å². The Labute approximate surface area is 116 Å². The fourth-order valence-electron chi connectivity index (χ4n) is 1.87. The van der Waals surface area contributed by atoms with Crippen molar-refractivity contribution in [3.63, 3.8) is 0 Å². The Morgan fingerprint density at radius 3 is 2.50 bits per heavy atom. The number of nitro groups is 1. The molecule has 0 fully saturated rings. The van der Waals surface area contributed by atoms with Gasteiger partial charge < -0.3 is 10.0 Å². The summed E-state index contributed by atoms with van der Waals surface area (Å²) in [5, 5.41) is 20.0. The zero-order chi connectivity index (χ0) is 15.3. The Balaban J connectivity index is 3.29. The van der Waals surface area contributed by atoms with E-state index in [9.17, 15) is 19.7 Å². The molecule has 1 N–H and O–H groups in total. The van der Waals surface area contributed by atoms with Crippen molar-refractivity contribution in [3.05, 3.63) is 33.9 Å². The van der Waals surface area contributed by atoms with Crippen LogP contribution in [0.4, 0.5) is 11.4 Å². The number of hydrogen-bond acceptors (Lipinski definition) is 5. The van der Waals surface area contributed by atoms with E-state index in [1.54, 1.807) is 0 Å². The monoisotopic (exact) mass is 280 g/mol. The molecule has 7 nitrogen and oxygen atoms in total. The fraction of sp³-hybridized carbons (Fsp3) is 0.385.